The summed E-state index contributed by atoms with van der Waals surface area (Å²) in [6.45, 7) is 2.32. The minimum Gasteiger partial charge on any atom is -0.466 e. The molecule has 17 heavy (non-hydrogen) atoms. The lowest BCUT2D eigenvalue weighted by atomic mass is 9.95. The summed E-state index contributed by atoms with van der Waals surface area (Å²) in [5.74, 6) is -0.106. The van der Waals surface area contributed by atoms with Crippen LogP contribution >= 0.6 is 0 Å². The van der Waals surface area contributed by atoms with E-state index in [0.717, 1.165) is 12.8 Å². The number of hydrogen-bond acceptors (Lipinski definition) is 2. The zero-order chi connectivity index (χ0) is 12.1. The number of ether oxygens (including phenoxy) is 1. The predicted molar refractivity (Wildman–Crippen MR) is 68.0 cm³/mol. The summed E-state index contributed by atoms with van der Waals surface area (Å²) >= 11 is 0. The Morgan fingerprint density at radius 1 is 1.24 bits per heavy atom. The minimum atomic E-state index is -0.106. The van der Waals surface area contributed by atoms with Gasteiger partial charge in [0.05, 0.1) is 13.0 Å². The number of esters is 1. The van der Waals surface area contributed by atoms with Crippen molar-refractivity contribution in [3.05, 3.63) is 34.9 Å². The van der Waals surface area contributed by atoms with Crippen LogP contribution in [-0.4, -0.2) is 12.6 Å². The molecule has 0 N–H and O–H groups in total. The van der Waals surface area contributed by atoms with Gasteiger partial charge in [-0.15, -0.1) is 0 Å². The molecule has 0 amide bonds. The van der Waals surface area contributed by atoms with Crippen LogP contribution in [0.15, 0.2) is 18.2 Å². The SMILES string of the molecule is CCOC(=O)Cc1cccc2c1CCCCC2. The van der Waals surface area contributed by atoms with Gasteiger partial charge in [-0.3, -0.25) is 4.79 Å². The van der Waals surface area contributed by atoms with E-state index in [-0.39, 0.29) is 5.97 Å². The van der Waals surface area contributed by atoms with E-state index in [0.29, 0.717) is 13.0 Å². The Kier molecular flexibility index (Phi) is 4.18. The molecule has 0 spiro atoms. The summed E-state index contributed by atoms with van der Waals surface area (Å²) < 4.78 is 5.03. The Morgan fingerprint density at radius 2 is 2.06 bits per heavy atom. The first kappa shape index (κ1) is 12.2. The zero-order valence-corrected chi connectivity index (χ0v) is 10.5. The van der Waals surface area contributed by atoms with Crippen LogP contribution in [-0.2, 0) is 28.8 Å². The lowest BCUT2D eigenvalue weighted by Crippen LogP contribution is -2.10. The zero-order valence-electron chi connectivity index (χ0n) is 10.5. The molecule has 0 bridgehead atoms. The first-order valence-corrected chi connectivity index (χ1v) is 6.56. The molecule has 0 aromatic heterocycles. The summed E-state index contributed by atoms with van der Waals surface area (Å²) in [6, 6.07) is 6.34. The standard InChI is InChI=1S/C15H20O2/c1-2-17-15(16)11-13-9-6-8-12-7-4-3-5-10-14(12)13/h6,8-9H,2-5,7,10-11H2,1H3. The van der Waals surface area contributed by atoms with Crippen molar-refractivity contribution in [3.8, 4) is 0 Å². The smallest absolute Gasteiger partial charge is 0.310 e. The van der Waals surface area contributed by atoms with Crippen molar-refractivity contribution in [2.45, 2.75) is 45.4 Å². The van der Waals surface area contributed by atoms with E-state index in [2.05, 4.69) is 18.2 Å². The highest BCUT2D eigenvalue weighted by atomic mass is 16.5. The van der Waals surface area contributed by atoms with Crippen LogP contribution in [0.3, 0.4) is 0 Å². The fourth-order valence-corrected chi connectivity index (χ4v) is 2.57. The van der Waals surface area contributed by atoms with Crippen LogP contribution in [0.5, 0.6) is 0 Å². The lowest BCUT2D eigenvalue weighted by molar-refractivity contribution is -0.142. The number of benzene rings is 1. The third-order valence-corrected chi connectivity index (χ3v) is 3.38. The largest absolute Gasteiger partial charge is 0.466 e. The maximum Gasteiger partial charge on any atom is 0.310 e. The van der Waals surface area contributed by atoms with E-state index in [1.807, 2.05) is 6.92 Å². The molecule has 0 saturated heterocycles. The topological polar surface area (TPSA) is 26.3 Å². The molecular weight excluding hydrogens is 212 g/mol. The van der Waals surface area contributed by atoms with Crippen LogP contribution in [0.25, 0.3) is 0 Å². The molecule has 0 atom stereocenters. The number of carbonyl (C=O) groups is 1. The van der Waals surface area contributed by atoms with Crippen LogP contribution in [0.1, 0.15) is 42.9 Å². The average molecular weight is 232 g/mol. The molecule has 1 aromatic carbocycles. The van der Waals surface area contributed by atoms with E-state index in [1.54, 1.807) is 0 Å². The number of hydrogen-bond donors (Lipinski definition) is 0. The molecule has 2 heteroatoms. The molecule has 0 saturated carbocycles. The van der Waals surface area contributed by atoms with Gasteiger partial charge in [0.1, 0.15) is 0 Å². The van der Waals surface area contributed by atoms with Crippen molar-refractivity contribution in [1.82, 2.24) is 0 Å². The molecule has 0 heterocycles. The quantitative estimate of drug-likeness (QED) is 0.591. The Bertz CT molecular complexity index is 396. The molecule has 0 unspecified atom stereocenters. The number of rotatable bonds is 3. The Balaban J connectivity index is 2.19. The van der Waals surface area contributed by atoms with Crippen LogP contribution < -0.4 is 0 Å². The minimum absolute atomic E-state index is 0.106. The predicted octanol–water partition coefficient (Wildman–Crippen LogP) is 3.06. The fourth-order valence-electron chi connectivity index (χ4n) is 2.57. The molecule has 1 aromatic rings. The summed E-state index contributed by atoms with van der Waals surface area (Å²) in [4.78, 5) is 11.6. The van der Waals surface area contributed by atoms with Gasteiger partial charge < -0.3 is 4.74 Å². The van der Waals surface area contributed by atoms with E-state index in [4.69, 9.17) is 4.74 Å². The molecule has 2 nitrogen and oxygen atoms in total. The Morgan fingerprint density at radius 3 is 2.88 bits per heavy atom. The van der Waals surface area contributed by atoms with E-state index < -0.39 is 0 Å². The van der Waals surface area contributed by atoms with Gasteiger partial charge >= 0.3 is 5.97 Å². The number of aryl methyl sites for hydroxylation is 1. The van der Waals surface area contributed by atoms with Crippen molar-refractivity contribution in [3.63, 3.8) is 0 Å². The van der Waals surface area contributed by atoms with Gasteiger partial charge in [0, 0.05) is 0 Å². The molecule has 0 fully saturated rings. The molecule has 1 aliphatic carbocycles. The fraction of sp³-hybridized carbons (Fsp3) is 0.533. The molecule has 92 valence electrons. The van der Waals surface area contributed by atoms with Gasteiger partial charge in [-0.05, 0) is 49.3 Å². The van der Waals surface area contributed by atoms with Gasteiger partial charge in [0.25, 0.3) is 0 Å². The summed E-state index contributed by atoms with van der Waals surface area (Å²) in [5.41, 5.74) is 4.00. The van der Waals surface area contributed by atoms with Gasteiger partial charge in [0.15, 0.2) is 0 Å². The van der Waals surface area contributed by atoms with Gasteiger partial charge in [0.2, 0.25) is 0 Å². The average Bonchev–Trinajstić information content (AvgIpc) is 2.55. The highest BCUT2D eigenvalue weighted by molar-refractivity contribution is 5.73. The molecular formula is C15H20O2. The molecule has 0 radical (unpaired) electrons. The van der Waals surface area contributed by atoms with E-state index >= 15 is 0 Å². The third kappa shape index (κ3) is 3.09. The monoisotopic (exact) mass is 232 g/mol. The van der Waals surface area contributed by atoms with E-state index in [9.17, 15) is 4.79 Å². The second kappa shape index (κ2) is 5.85. The number of fused-ring (bicyclic) bond motifs is 1. The second-order valence-corrected chi connectivity index (χ2v) is 4.60. The summed E-state index contributed by atoms with van der Waals surface area (Å²) in [6.07, 6.45) is 6.52. The first-order valence-electron chi connectivity index (χ1n) is 6.56. The second-order valence-electron chi connectivity index (χ2n) is 4.60. The third-order valence-electron chi connectivity index (χ3n) is 3.38. The van der Waals surface area contributed by atoms with Crippen molar-refractivity contribution in [2.24, 2.45) is 0 Å². The molecule has 1 aliphatic rings. The number of carbonyl (C=O) groups excluding carboxylic acids is 1. The maximum atomic E-state index is 11.6. The first-order chi connectivity index (χ1) is 8.31. The van der Waals surface area contributed by atoms with Crippen molar-refractivity contribution < 1.29 is 9.53 Å². The highest BCUT2D eigenvalue weighted by Crippen LogP contribution is 2.24. The Labute approximate surface area is 103 Å². The molecule has 2 rings (SSSR count). The van der Waals surface area contributed by atoms with Crippen LogP contribution in [0.2, 0.25) is 0 Å². The lowest BCUT2D eigenvalue weighted by Gasteiger charge is -2.11. The highest BCUT2D eigenvalue weighted by Gasteiger charge is 2.14. The van der Waals surface area contributed by atoms with Crippen molar-refractivity contribution in [2.75, 3.05) is 6.61 Å². The van der Waals surface area contributed by atoms with Crippen molar-refractivity contribution >= 4 is 5.97 Å². The van der Waals surface area contributed by atoms with Gasteiger partial charge in [-0.2, -0.15) is 0 Å². The summed E-state index contributed by atoms with van der Waals surface area (Å²) in [5, 5.41) is 0. The normalized spacial score (nSPS) is 14.9. The Hall–Kier alpha value is -1.31. The van der Waals surface area contributed by atoms with Gasteiger partial charge in [-0.1, -0.05) is 24.6 Å². The maximum absolute atomic E-state index is 11.6. The van der Waals surface area contributed by atoms with Gasteiger partial charge in [-0.25, -0.2) is 0 Å². The summed E-state index contributed by atoms with van der Waals surface area (Å²) in [7, 11) is 0. The molecule has 0 aliphatic heterocycles. The van der Waals surface area contributed by atoms with Crippen LogP contribution in [0, 0.1) is 0 Å². The van der Waals surface area contributed by atoms with Crippen molar-refractivity contribution in [1.29, 1.82) is 0 Å². The van der Waals surface area contributed by atoms with E-state index in [1.165, 1.54) is 36.0 Å². The van der Waals surface area contributed by atoms with Crippen LogP contribution in [0.4, 0.5) is 0 Å².